The Morgan fingerprint density at radius 3 is 2.21 bits per heavy atom. The minimum absolute atomic E-state index is 0.0656. The minimum atomic E-state index is -0.456. The number of aromatic amines is 2. The van der Waals surface area contributed by atoms with Crippen molar-refractivity contribution in [3.63, 3.8) is 0 Å². The molecule has 224 valence electrons. The zero-order valence-corrected chi connectivity index (χ0v) is 26.0. The highest BCUT2D eigenvalue weighted by Gasteiger charge is 2.51. The summed E-state index contributed by atoms with van der Waals surface area (Å²) in [6.07, 6.45) is 4.80. The average Bonchev–Trinajstić information content (AvgIpc) is 3.62. The molecule has 6 rings (SSSR count). The third-order valence-corrected chi connectivity index (χ3v) is 10.2. The number of nitrogens with zero attached hydrogens (tertiary/aromatic N) is 2. The van der Waals surface area contributed by atoms with E-state index in [1.165, 1.54) is 18.2 Å². The van der Waals surface area contributed by atoms with E-state index in [0.717, 1.165) is 79.1 Å². The van der Waals surface area contributed by atoms with E-state index in [2.05, 4.69) is 93.3 Å². The van der Waals surface area contributed by atoms with E-state index < -0.39 is 5.41 Å². The van der Waals surface area contributed by atoms with Crippen LogP contribution in [-0.2, 0) is 20.1 Å². The van der Waals surface area contributed by atoms with Gasteiger partial charge in [-0.25, -0.2) is 19.6 Å². The molecule has 43 heavy (non-hydrogen) atoms. The number of rotatable bonds is 6. The number of hydrogen-bond acceptors (Lipinski definition) is 6. The summed E-state index contributed by atoms with van der Waals surface area (Å²) in [6, 6.07) is 8.63. The highest BCUT2D eigenvalue weighted by atomic mass is 17.2. The van der Waals surface area contributed by atoms with Crippen molar-refractivity contribution < 1.29 is 19.9 Å². The third kappa shape index (κ3) is 4.60. The van der Waals surface area contributed by atoms with Crippen LogP contribution in [0.5, 0.6) is 0 Å². The molecular weight excluding hydrogens is 540 g/mol. The second-order valence-electron chi connectivity index (χ2n) is 12.2. The lowest BCUT2D eigenvalue weighted by Crippen LogP contribution is -2.42. The van der Waals surface area contributed by atoms with E-state index in [-0.39, 0.29) is 18.4 Å². The molecule has 0 amide bonds. The molecule has 0 saturated heterocycles. The lowest BCUT2D eigenvalue weighted by molar-refractivity contribution is -0.283. The fourth-order valence-corrected chi connectivity index (χ4v) is 7.10. The van der Waals surface area contributed by atoms with E-state index in [4.69, 9.17) is 19.7 Å². The van der Waals surface area contributed by atoms with Gasteiger partial charge in [0.05, 0.1) is 30.8 Å². The molecular formula is C35H40N4O4. The molecule has 0 spiro atoms. The zero-order valence-electron chi connectivity index (χ0n) is 26.0. The first-order chi connectivity index (χ1) is 20.6. The smallest absolute Gasteiger partial charge is 0.103 e. The molecule has 8 nitrogen and oxygen atoms in total. The van der Waals surface area contributed by atoms with Gasteiger partial charge in [-0.2, -0.15) is 0 Å². The van der Waals surface area contributed by atoms with Crippen LogP contribution >= 0.6 is 0 Å². The van der Waals surface area contributed by atoms with Crippen LogP contribution in [0.3, 0.4) is 0 Å². The topological polar surface area (TPSA) is 105 Å². The molecule has 0 radical (unpaired) electrons. The highest BCUT2D eigenvalue weighted by Crippen LogP contribution is 2.54. The van der Waals surface area contributed by atoms with Crippen molar-refractivity contribution in [1.82, 2.24) is 19.9 Å². The van der Waals surface area contributed by atoms with Crippen LogP contribution < -0.4 is 0 Å². The van der Waals surface area contributed by atoms with E-state index >= 15 is 0 Å². The lowest BCUT2D eigenvalue weighted by atomic mass is 9.60. The summed E-state index contributed by atoms with van der Waals surface area (Å²) >= 11 is 0. The maximum Gasteiger partial charge on any atom is 0.103 e. The first kappa shape index (κ1) is 29.3. The van der Waals surface area contributed by atoms with Crippen molar-refractivity contribution >= 4 is 39.3 Å². The Kier molecular flexibility index (Phi) is 7.50. The van der Waals surface area contributed by atoms with E-state index in [0.29, 0.717) is 6.61 Å². The molecule has 8 heteroatoms. The van der Waals surface area contributed by atoms with Crippen molar-refractivity contribution in [3.8, 4) is 0 Å². The highest BCUT2D eigenvalue weighted by molar-refractivity contribution is 5.92. The molecule has 0 aromatic carbocycles. The van der Waals surface area contributed by atoms with Crippen LogP contribution in [-0.4, -0.2) is 45.5 Å². The van der Waals surface area contributed by atoms with Gasteiger partial charge in [0.15, 0.2) is 0 Å². The number of aryl methyl sites for hydroxylation is 3. The maximum atomic E-state index is 9.44. The van der Waals surface area contributed by atoms with Crippen LogP contribution in [0.1, 0.15) is 78.1 Å². The van der Waals surface area contributed by atoms with Crippen molar-refractivity contribution in [2.75, 3.05) is 20.3 Å². The number of H-pyrrole nitrogens is 2. The monoisotopic (exact) mass is 580 g/mol. The molecule has 3 aliphatic rings. The molecule has 8 bridgehead atoms. The first-order valence-electron chi connectivity index (χ1n) is 14.8. The van der Waals surface area contributed by atoms with Crippen LogP contribution in [0, 0.1) is 26.7 Å². The Hall–Kier alpha value is -3.82. The third-order valence-electron chi connectivity index (χ3n) is 10.2. The molecule has 2 aliphatic heterocycles. The minimum Gasteiger partial charge on any atom is -0.355 e. The van der Waals surface area contributed by atoms with Crippen LogP contribution in [0.25, 0.3) is 39.3 Å². The van der Waals surface area contributed by atoms with Crippen molar-refractivity contribution in [2.24, 2.45) is 5.92 Å². The molecule has 5 heterocycles. The SMILES string of the molecule is C=Cc1c(C)c2cc3nc(cc4[nH]c(cc5nc(cc1[nH]2)C(C)=C5C)c(C)c4C)C1(C)C(COOC)C(COO)=CCC31. The van der Waals surface area contributed by atoms with Crippen molar-refractivity contribution in [1.29, 1.82) is 0 Å². The van der Waals surface area contributed by atoms with Crippen LogP contribution in [0.4, 0.5) is 0 Å². The molecule has 3 aromatic heterocycles. The summed E-state index contributed by atoms with van der Waals surface area (Å²) in [6.45, 7) is 17.4. The van der Waals surface area contributed by atoms with Gasteiger partial charge >= 0.3 is 0 Å². The largest absolute Gasteiger partial charge is 0.355 e. The number of nitrogens with one attached hydrogen (secondary N) is 2. The Balaban J connectivity index is 1.74. The Bertz CT molecular complexity index is 1860. The second-order valence-corrected chi connectivity index (χ2v) is 12.2. The summed E-state index contributed by atoms with van der Waals surface area (Å²) in [5.41, 5.74) is 15.2. The molecule has 3 unspecified atom stereocenters. The predicted molar refractivity (Wildman–Crippen MR) is 171 cm³/mol. The van der Waals surface area contributed by atoms with Gasteiger partial charge in [0.25, 0.3) is 0 Å². The standard InChI is InChI=1S/C35H40N4O4/c1-9-24-22(6)30-14-33-25-11-10-23(16-42-40)26(17-43-41-8)35(25,7)34(39-33)15-31-21(5)20(4)28(37-31)12-27-18(2)19(3)29(36-27)13-32(24)38-30/h9-10,12-15,25-26,37-38,40H,1,11,16-17H2,2-8H3. The van der Waals surface area contributed by atoms with Crippen LogP contribution in [0.2, 0.25) is 0 Å². The van der Waals surface area contributed by atoms with Gasteiger partial charge in [0.1, 0.15) is 6.61 Å². The van der Waals surface area contributed by atoms with Gasteiger partial charge in [-0.3, -0.25) is 10.2 Å². The van der Waals surface area contributed by atoms with Crippen molar-refractivity contribution in [2.45, 2.75) is 59.3 Å². The summed E-state index contributed by atoms with van der Waals surface area (Å²) in [4.78, 5) is 33.0. The Morgan fingerprint density at radius 2 is 1.56 bits per heavy atom. The van der Waals surface area contributed by atoms with Gasteiger partial charge in [-0.15, -0.1) is 0 Å². The normalized spacial score (nSPS) is 21.6. The molecule has 3 atom stereocenters. The predicted octanol–water partition coefficient (Wildman–Crippen LogP) is 7.89. The van der Waals surface area contributed by atoms with Crippen LogP contribution in [0.15, 0.2) is 42.5 Å². The quantitative estimate of drug-likeness (QED) is 0.156. The molecule has 0 saturated carbocycles. The van der Waals surface area contributed by atoms with Gasteiger partial charge in [0, 0.05) is 50.6 Å². The van der Waals surface area contributed by atoms with E-state index in [1.54, 1.807) is 0 Å². The van der Waals surface area contributed by atoms with Gasteiger partial charge < -0.3 is 9.97 Å². The zero-order chi connectivity index (χ0) is 30.6. The Labute approximate surface area is 252 Å². The summed E-state index contributed by atoms with van der Waals surface area (Å²) in [5.74, 6) is -0.0748. The molecule has 3 aromatic rings. The maximum absolute atomic E-state index is 9.44. The number of hydrogen-bond donors (Lipinski definition) is 3. The summed E-state index contributed by atoms with van der Waals surface area (Å²) < 4.78 is 0. The van der Waals surface area contributed by atoms with E-state index in [1.807, 2.05) is 6.08 Å². The summed E-state index contributed by atoms with van der Waals surface area (Å²) in [7, 11) is 1.51. The number of allylic oxidation sites excluding steroid dienone is 3. The fourth-order valence-electron chi connectivity index (χ4n) is 7.10. The lowest BCUT2D eigenvalue weighted by Gasteiger charge is -2.43. The average molecular weight is 581 g/mol. The van der Waals surface area contributed by atoms with Gasteiger partial charge in [-0.05, 0) is 98.7 Å². The van der Waals surface area contributed by atoms with Gasteiger partial charge in [-0.1, -0.05) is 25.7 Å². The summed E-state index contributed by atoms with van der Waals surface area (Å²) in [5, 5.41) is 9.44. The number of aromatic nitrogens is 4. The molecule has 0 fully saturated rings. The number of fused-ring (bicyclic) bond motifs is 11. The van der Waals surface area contributed by atoms with Gasteiger partial charge in [0.2, 0.25) is 0 Å². The Morgan fingerprint density at radius 1 is 0.930 bits per heavy atom. The second kappa shape index (κ2) is 11.0. The van der Waals surface area contributed by atoms with E-state index in [9.17, 15) is 5.26 Å². The van der Waals surface area contributed by atoms with Crippen molar-refractivity contribution in [3.05, 3.63) is 87.5 Å². The fraction of sp³-hybridized carbons (Fsp3) is 0.371. The molecule has 3 N–H and O–H groups in total. The first-order valence-corrected chi connectivity index (χ1v) is 14.8. The molecule has 1 aliphatic carbocycles.